The summed E-state index contributed by atoms with van der Waals surface area (Å²) in [5, 5.41) is 0. The number of ketones is 3. The van der Waals surface area contributed by atoms with Crippen LogP contribution in [-0.2, 0) is 14.4 Å². The summed E-state index contributed by atoms with van der Waals surface area (Å²) in [6.07, 6.45) is 2.77. The van der Waals surface area contributed by atoms with Crippen molar-refractivity contribution in [3.8, 4) is 0 Å². The molecule has 3 heteroatoms. The van der Waals surface area contributed by atoms with Gasteiger partial charge in [-0.2, -0.15) is 0 Å². The number of fused-ring (bicyclic) bond motifs is 1. The zero-order chi connectivity index (χ0) is 16.0. The average Bonchev–Trinajstić information content (AvgIpc) is 2.42. The van der Waals surface area contributed by atoms with Crippen molar-refractivity contribution >= 4 is 17.3 Å². The van der Waals surface area contributed by atoms with Crippen molar-refractivity contribution in [3.05, 3.63) is 23.3 Å². The second-order valence-corrected chi connectivity index (χ2v) is 7.70. The van der Waals surface area contributed by atoms with E-state index in [1.54, 1.807) is 0 Å². The van der Waals surface area contributed by atoms with Crippen molar-refractivity contribution < 1.29 is 14.4 Å². The lowest BCUT2D eigenvalue weighted by Gasteiger charge is -2.65. The molecule has 112 valence electrons. The van der Waals surface area contributed by atoms with Gasteiger partial charge in [0.1, 0.15) is 5.78 Å². The quantitative estimate of drug-likeness (QED) is 0.643. The second-order valence-electron chi connectivity index (χ2n) is 7.70. The number of rotatable bonds is 0. The maximum atomic E-state index is 13.2. The second kappa shape index (κ2) is 3.63. The van der Waals surface area contributed by atoms with E-state index in [2.05, 4.69) is 0 Å². The van der Waals surface area contributed by atoms with Crippen LogP contribution in [0.3, 0.4) is 0 Å². The third-order valence-electron chi connectivity index (χ3n) is 7.06. The van der Waals surface area contributed by atoms with Crippen LogP contribution in [0.1, 0.15) is 41.5 Å². The molecule has 4 aliphatic carbocycles. The van der Waals surface area contributed by atoms with Crippen LogP contribution in [0, 0.1) is 28.1 Å². The predicted octanol–water partition coefficient (Wildman–Crippen LogP) is 2.90. The lowest BCUT2D eigenvalue weighted by molar-refractivity contribution is -0.174. The van der Waals surface area contributed by atoms with Crippen LogP contribution < -0.4 is 0 Å². The number of hydrogen-bond acceptors (Lipinski definition) is 3. The Bertz CT molecular complexity index is 664. The van der Waals surface area contributed by atoms with Gasteiger partial charge in [-0.25, -0.2) is 0 Å². The van der Waals surface area contributed by atoms with Crippen LogP contribution in [0.25, 0.3) is 0 Å². The van der Waals surface area contributed by atoms with E-state index in [1.807, 2.05) is 41.5 Å². The van der Waals surface area contributed by atoms with Crippen molar-refractivity contribution in [1.82, 2.24) is 0 Å². The van der Waals surface area contributed by atoms with Gasteiger partial charge in [-0.3, -0.25) is 14.4 Å². The van der Waals surface area contributed by atoms with E-state index in [-0.39, 0.29) is 17.3 Å². The fourth-order valence-electron chi connectivity index (χ4n) is 5.24. The molecular formula is C18H22O3. The Labute approximate surface area is 125 Å². The Hall–Kier alpha value is -1.51. The molecule has 0 aromatic rings. The van der Waals surface area contributed by atoms with Gasteiger partial charge < -0.3 is 0 Å². The van der Waals surface area contributed by atoms with Crippen LogP contribution in [0.5, 0.6) is 0 Å². The zero-order valence-corrected chi connectivity index (χ0v) is 13.5. The molecule has 2 bridgehead atoms. The highest BCUT2D eigenvalue weighted by Gasteiger charge is 2.73. The average molecular weight is 286 g/mol. The number of Topliss-reactive ketones (excluding diaryl/α,β-unsaturated/α-hetero) is 1. The standard InChI is InChI=1S/C18H22O3/c1-9-10(2)18(6)14-12(20)8-7-11(19)13(14)17(9,5)15(21)16(18,3)4/h7-8,13-14H,1-6H3/t13-,14-,17+,18+/m1/s1. The van der Waals surface area contributed by atoms with Gasteiger partial charge in [0.25, 0.3) is 0 Å². The van der Waals surface area contributed by atoms with Crippen molar-refractivity contribution in [2.24, 2.45) is 28.1 Å². The Morgan fingerprint density at radius 3 is 1.81 bits per heavy atom. The lowest BCUT2D eigenvalue weighted by Crippen LogP contribution is -2.70. The number of carbonyl (C=O) groups is 3. The van der Waals surface area contributed by atoms with Crippen LogP contribution in [0.15, 0.2) is 23.3 Å². The molecule has 4 rings (SSSR count). The fraction of sp³-hybridized carbons (Fsp3) is 0.611. The molecule has 0 N–H and O–H groups in total. The first-order valence-electron chi connectivity index (χ1n) is 7.51. The van der Waals surface area contributed by atoms with Crippen molar-refractivity contribution in [1.29, 1.82) is 0 Å². The molecular weight excluding hydrogens is 264 g/mol. The number of allylic oxidation sites excluding steroid dienone is 4. The fourth-order valence-corrected chi connectivity index (χ4v) is 5.24. The molecule has 0 amide bonds. The molecule has 0 saturated heterocycles. The van der Waals surface area contributed by atoms with Gasteiger partial charge in [-0.1, -0.05) is 31.9 Å². The molecule has 21 heavy (non-hydrogen) atoms. The summed E-state index contributed by atoms with van der Waals surface area (Å²) in [5.41, 5.74) is -0.00535. The highest BCUT2D eigenvalue weighted by atomic mass is 16.1. The van der Waals surface area contributed by atoms with Gasteiger partial charge >= 0.3 is 0 Å². The van der Waals surface area contributed by atoms with E-state index in [0.717, 1.165) is 11.1 Å². The van der Waals surface area contributed by atoms with E-state index in [0.29, 0.717) is 0 Å². The first-order chi connectivity index (χ1) is 9.52. The summed E-state index contributed by atoms with van der Waals surface area (Å²) in [4.78, 5) is 38.3. The number of hydrogen-bond donors (Lipinski definition) is 0. The van der Waals surface area contributed by atoms with Crippen LogP contribution in [0.2, 0.25) is 0 Å². The van der Waals surface area contributed by atoms with Crippen LogP contribution in [-0.4, -0.2) is 17.3 Å². The monoisotopic (exact) mass is 286 g/mol. The van der Waals surface area contributed by atoms with Crippen LogP contribution >= 0.6 is 0 Å². The highest BCUT2D eigenvalue weighted by molar-refractivity contribution is 6.14. The largest absolute Gasteiger partial charge is 0.298 e. The Morgan fingerprint density at radius 1 is 0.810 bits per heavy atom. The smallest absolute Gasteiger partial charge is 0.160 e. The minimum Gasteiger partial charge on any atom is -0.298 e. The van der Waals surface area contributed by atoms with E-state index in [1.165, 1.54) is 12.2 Å². The van der Waals surface area contributed by atoms with Gasteiger partial charge in [0.15, 0.2) is 11.6 Å². The van der Waals surface area contributed by atoms with Gasteiger partial charge in [0.2, 0.25) is 0 Å². The van der Waals surface area contributed by atoms with E-state index in [4.69, 9.17) is 0 Å². The summed E-state index contributed by atoms with van der Waals surface area (Å²) >= 11 is 0. The molecule has 3 nitrogen and oxygen atoms in total. The molecule has 0 unspecified atom stereocenters. The van der Waals surface area contributed by atoms with Crippen molar-refractivity contribution in [2.75, 3.05) is 0 Å². The molecule has 0 radical (unpaired) electrons. The van der Waals surface area contributed by atoms with Gasteiger partial charge in [-0.05, 0) is 32.9 Å². The Balaban J connectivity index is 2.45. The molecule has 0 spiro atoms. The maximum absolute atomic E-state index is 13.2. The minimum atomic E-state index is -0.854. The minimum absolute atomic E-state index is 0.0132. The maximum Gasteiger partial charge on any atom is 0.160 e. The molecule has 0 aromatic heterocycles. The highest BCUT2D eigenvalue weighted by Crippen LogP contribution is 2.70. The molecule has 1 saturated carbocycles. The van der Waals surface area contributed by atoms with Gasteiger partial charge in [0.05, 0.1) is 5.41 Å². The van der Waals surface area contributed by atoms with Gasteiger partial charge in [0, 0.05) is 22.7 Å². The van der Waals surface area contributed by atoms with E-state index < -0.39 is 28.1 Å². The molecule has 0 aliphatic heterocycles. The summed E-state index contributed by atoms with van der Waals surface area (Å²) in [5.74, 6) is -0.955. The first kappa shape index (κ1) is 14.4. The topological polar surface area (TPSA) is 51.2 Å². The molecule has 4 atom stereocenters. The van der Waals surface area contributed by atoms with E-state index >= 15 is 0 Å². The normalized spacial score (nSPS) is 44.4. The van der Waals surface area contributed by atoms with Crippen LogP contribution in [0.4, 0.5) is 0 Å². The Kier molecular flexibility index (Phi) is 2.49. The first-order valence-corrected chi connectivity index (χ1v) is 7.51. The van der Waals surface area contributed by atoms with E-state index in [9.17, 15) is 14.4 Å². The molecule has 4 aliphatic rings. The summed E-state index contributed by atoms with van der Waals surface area (Å²) in [7, 11) is 0. The zero-order valence-electron chi connectivity index (χ0n) is 13.5. The van der Waals surface area contributed by atoms with Gasteiger partial charge in [-0.15, -0.1) is 0 Å². The van der Waals surface area contributed by atoms with Crippen molar-refractivity contribution in [3.63, 3.8) is 0 Å². The molecule has 0 heterocycles. The lowest BCUT2D eigenvalue weighted by atomic mass is 9.34. The Morgan fingerprint density at radius 2 is 1.29 bits per heavy atom. The number of carbonyl (C=O) groups excluding carboxylic acids is 3. The third kappa shape index (κ3) is 1.21. The third-order valence-corrected chi connectivity index (χ3v) is 7.06. The molecule has 1 fully saturated rings. The summed E-state index contributed by atoms with van der Waals surface area (Å²) in [6, 6.07) is 0. The summed E-state index contributed by atoms with van der Waals surface area (Å²) < 4.78 is 0. The summed E-state index contributed by atoms with van der Waals surface area (Å²) in [6.45, 7) is 11.7. The molecule has 0 aromatic carbocycles. The SMILES string of the molecule is CC1=C(C)[C@@]2(C)[C@@H]3C(=O)C=CC(=O)[C@H]3[C@@]1(C)C(=O)C2(C)C. The predicted molar refractivity (Wildman–Crippen MR) is 79.5 cm³/mol. The van der Waals surface area contributed by atoms with Crippen molar-refractivity contribution in [2.45, 2.75) is 41.5 Å².